The van der Waals surface area contributed by atoms with Crippen molar-refractivity contribution in [2.24, 2.45) is 17.6 Å². The Morgan fingerprint density at radius 3 is 2.80 bits per heavy atom. The number of carbonyl (C=O) groups is 4. The summed E-state index contributed by atoms with van der Waals surface area (Å²) in [5, 5.41) is 4.71. The number of para-hydroxylation sites is 1. The lowest BCUT2D eigenvalue weighted by Gasteiger charge is -2.27. The number of hydrogen-bond donors (Lipinski definition) is 3. The van der Waals surface area contributed by atoms with Gasteiger partial charge in [-0.25, -0.2) is 0 Å². The first-order chi connectivity index (χ1) is 14.4. The van der Waals surface area contributed by atoms with Crippen molar-refractivity contribution < 1.29 is 29.2 Å². The first-order valence-electron chi connectivity index (χ1n) is 10.5. The normalized spacial score (nSPS) is 34.5. The van der Waals surface area contributed by atoms with Gasteiger partial charge in [0.1, 0.15) is 17.9 Å². The van der Waals surface area contributed by atoms with Crippen molar-refractivity contribution in [3.8, 4) is 0 Å². The van der Waals surface area contributed by atoms with E-state index in [0.717, 1.165) is 12.8 Å². The summed E-state index contributed by atoms with van der Waals surface area (Å²) in [7, 11) is 0. The quantitative estimate of drug-likeness (QED) is 0.523. The van der Waals surface area contributed by atoms with Crippen LogP contribution in [0.3, 0.4) is 0 Å². The van der Waals surface area contributed by atoms with Crippen LogP contribution in [0.25, 0.3) is 0 Å². The number of likely N-dealkylation sites (tertiary alicyclic amines) is 1. The van der Waals surface area contributed by atoms with Crippen LogP contribution in [0.15, 0.2) is 24.3 Å². The second-order valence-electron chi connectivity index (χ2n) is 8.63. The number of ether oxygens (including phenoxy) is 1. The van der Waals surface area contributed by atoms with Crippen LogP contribution in [0.2, 0.25) is 0 Å². The van der Waals surface area contributed by atoms with Crippen molar-refractivity contribution in [1.82, 2.24) is 4.90 Å². The second-order valence-corrected chi connectivity index (χ2v) is 8.63. The number of nitrogens with two attached hydrogens (primary N) is 2. The number of imide groups is 1. The van der Waals surface area contributed by atoms with E-state index in [0.29, 0.717) is 24.3 Å². The topological polar surface area (TPSA) is 135 Å². The number of quaternary nitrogens is 1. The number of rotatable bonds is 5. The van der Waals surface area contributed by atoms with Gasteiger partial charge in [-0.1, -0.05) is 18.2 Å². The average Bonchev–Trinajstić information content (AvgIpc) is 3.46. The van der Waals surface area contributed by atoms with E-state index in [2.05, 4.69) is 5.32 Å². The number of amides is 4. The van der Waals surface area contributed by atoms with Crippen LogP contribution in [-0.2, 0) is 29.5 Å². The molecule has 0 aliphatic carbocycles. The van der Waals surface area contributed by atoms with Gasteiger partial charge in [0.2, 0.25) is 23.3 Å². The molecule has 5 atom stereocenters. The fourth-order valence-electron chi connectivity index (χ4n) is 5.72. The first-order valence-corrected chi connectivity index (χ1v) is 10.5. The number of nitrogens with one attached hydrogen (secondary N) is 1. The number of primary amides is 1. The highest BCUT2D eigenvalue weighted by atomic mass is 16.5. The highest BCUT2D eigenvalue weighted by Gasteiger charge is 2.74. The molecule has 4 amide bonds. The summed E-state index contributed by atoms with van der Waals surface area (Å²) in [6.07, 6.45) is 1.98. The third kappa shape index (κ3) is 2.61. The smallest absolute Gasteiger partial charge is 0.291 e. The van der Waals surface area contributed by atoms with Crippen molar-refractivity contribution in [1.29, 1.82) is 0 Å². The van der Waals surface area contributed by atoms with Gasteiger partial charge >= 0.3 is 0 Å². The van der Waals surface area contributed by atoms with Crippen LogP contribution >= 0.6 is 0 Å². The Balaban J connectivity index is 1.55. The third-order valence-corrected chi connectivity index (χ3v) is 7.00. The number of carbonyl (C=O) groups excluding carboxylic acids is 4. The fourth-order valence-corrected chi connectivity index (χ4v) is 5.72. The maximum atomic E-state index is 13.5. The lowest BCUT2D eigenvalue weighted by molar-refractivity contribution is -0.734. The van der Waals surface area contributed by atoms with Gasteiger partial charge < -0.3 is 21.1 Å². The van der Waals surface area contributed by atoms with E-state index in [1.165, 1.54) is 4.90 Å². The molecular weight excluding hydrogens is 388 g/mol. The molecule has 1 aromatic carbocycles. The predicted octanol–water partition coefficient (Wildman–Crippen LogP) is -1.17. The Hall–Kier alpha value is -2.78. The second kappa shape index (κ2) is 6.88. The highest BCUT2D eigenvalue weighted by Crippen LogP contribution is 2.49. The zero-order valence-corrected chi connectivity index (χ0v) is 16.5. The van der Waals surface area contributed by atoms with Gasteiger partial charge in [-0.2, -0.15) is 0 Å². The molecule has 0 unspecified atom stereocenters. The van der Waals surface area contributed by atoms with Crippen LogP contribution in [0.5, 0.6) is 0 Å². The average molecular weight is 413 g/mol. The van der Waals surface area contributed by atoms with Gasteiger partial charge in [0.05, 0.1) is 18.3 Å². The van der Waals surface area contributed by atoms with E-state index in [9.17, 15) is 19.2 Å². The van der Waals surface area contributed by atoms with Gasteiger partial charge in [0.25, 0.3) is 5.91 Å². The van der Waals surface area contributed by atoms with E-state index in [1.54, 1.807) is 6.07 Å². The van der Waals surface area contributed by atoms with Crippen molar-refractivity contribution in [2.45, 2.75) is 43.4 Å². The molecule has 9 heteroatoms. The molecule has 5 rings (SSSR count). The number of anilines is 1. The van der Waals surface area contributed by atoms with Crippen LogP contribution in [0.1, 0.15) is 31.2 Å². The molecule has 158 valence electrons. The minimum absolute atomic E-state index is 0.0942. The SMILES string of the molecule is NC(=O)CC[C@@H]1[NH2+][C@@]2(C(=O)Nc3ccccc32)[C@H]2C(=O)N(C[C@H]3CCCO3)C(=O)[C@@H]12. The lowest BCUT2D eigenvalue weighted by atomic mass is 9.76. The maximum absolute atomic E-state index is 13.5. The summed E-state index contributed by atoms with van der Waals surface area (Å²) in [5.74, 6) is -2.85. The molecule has 4 heterocycles. The third-order valence-electron chi connectivity index (χ3n) is 7.00. The molecule has 4 aliphatic rings. The van der Waals surface area contributed by atoms with Gasteiger partial charge in [0.15, 0.2) is 0 Å². The molecule has 0 aromatic heterocycles. The Labute approximate surface area is 173 Å². The van der Waals surface area contributed by atoms with E-state index in [-0.39, 0.29) is 42.8 Å². The van der Waals surface area contributed by atoms with Crippen LogP contribution in [-0.4, -0.2) is 53.8 Å². The molecule has 5 N–H and O–H groups in total. The monoisotopic (exact) mass is 413 g/mol. The van der Waals surface area contributed by atoms with E-state index in [1.807, 2.05) is 23.5 Å². The van der Waals surface area contributed by atoms with Gasteiger partial charge in [0, 0.05) is 25.0 Å². The summed E-state index contributed by atoms with van der Waals surface area (Å²) >= 11 is 0. The highest BCUT2D eigenvalue weighted by molar-refractivity contribution is 6.13. The van der Waals surface area contributed by atoms with Gasteiger partial charge in [-0.15, -0.1) is 0 Å². The summed E-state index contributed by atoms with van der Waals surface area (Å²) in [6, 6.07) is 6.89. The Morgan fingerprint density at radius 2 is 2.07 bits per heavy atom. The largest absolute Gasteiger partial charge is 0.376 e. The van der Waals surface area contributed by atoms with E-state index in [4.69, 9.17) is 10.5 Å². The Kier molecular flexibility index (Phi) is 4.41. The number of benzene rings is 1. The fraction of sp³-hybridized carbons (Fsp3) is 0.524. The predicted molar refractivity (Wildman–Crippen MR) is 104 cm³/mol. The molecule has 1 spiro atoms. The molecular formula is C21H25N4O5+. The molecule has 4 aliphatic heterocycles. The Bertz CT molecular complexity index is 943. The molecule has 3 fully saturated rings. The van der Waals surface area contributed by atoms with Crippen LogP contribution in [0, 0.1) is 11.8 Å². The van der Waals surface area contributed by atoms with Crippen LogP contribution in [0.4, 0.5) is 5.69 Å². The Morgan fingerprint density at radius 1 is 1.27 bits per heavy atom. The standard InChI is InChI=1S/C21H24N4O5/c22-15(26)8-7-14-16-17(19(28)25(18(16)27)10-11-4-3-9-30-11)21(24-14)12-5-1-2-6-13(12)23-20(21)29/h1-2,5-6,11,14,16-17,24H,3-4,7-10H2,(H2,22,26)(H,23,29)/p+1/t11-,14+,16+,17-,21-/m1/s1. The molecule has 0 radical (unpaired) electrons. The summed E-state index contributed by atoms with van der Waals surface area (Å²) in [5.41, 5.74) is 5.51. The van der Waals surface area contributed by atoms with Gasteiger partial charge in [-0.05, 0) is 18.9 Å². The summed E-state index contributed by atoms with van der Waals surface area (Å²) in [6.45, 7) is 0.842. The first kappa shape index (κ1) is 19.2. The zero-order chi connectivity index (χ0) is 21.0. The number of hydrogen-bond acceptors (Lipinski definition) is 5. The van der Waals surface area contributed by atoms with Crippen LogP contribution < -0.4 is 16.4 Å². The molecule has 0 saturated carbocycles. The molecule has 9 nitrogen and oxygen atoms in total. The number of fused-ring (bicyclic) bond motifs is 4. The van der Waals surface area contributed by atoms with Gasteiger partial charge in [-0.3, -0.25) is 24.1 Å². The zero-order valence-electron chi connectivity index (χ0n) is 16.5. The van der Waals surface area contributed by atoms with Crippen molar-refractivity contribution >= 4 is 29.3 Å². The minimum atomic E-state index is -1.21. The minimum Gasteiger partial charge on any atom is -0.376 e. The molecule has 0 bridgehead atoms. The van der Waals surface area contributed by atoms with E-state index < -0.39 is 23.3 Å². The molecule has 3 saturated heterocycles. The maximum Gasteiger partial charge on any atom is 0.291 e. The number of nitrogens with zero attached hydrogens (tertiary/aromatic N) is 1. The van der Waals surface area contributed by atoms with Crippen molar-refractivity contribution in [2.75, 3.05) is 18.5 Å². The molecule has 1 aromatic rings. The van der Waals surface area contributed by atoms with E-state index >= 15 is 0 Å². The molecule has 30 heavy (non-hydrogen) atoms. The lowest BCUT2D eigenvalue weighted by Crippen LogP contribution is -2.99. The van der Waals surface area contributed by atoms with Crippen molar-refractivity contribution in [3.05, 3.63) is 29.8 Å². The summed E-state index contributed by atoms with van der Waals surface area (Å²) < 4.78 is 5.64. The van der Waals surface area contributed by atoms with Crippen molar-refractivity contribution in [3.63, 3.8) is 0 Å². The summed E-state index contributed by atoms with van der Waals surface area (Å²) in [4.78, 5) is 52.9.